The molecule has 6 nitrogen and oxygen atoms in total. The van der Waals surface area contributed by atoms with E-state index in [0.717, 1.165) is 0 Å². The molecule has 2 fully saturated rings. The predicted octanol–water partition coefficient (Wildman–Crippen LogP) is 1.16. The average molecular weight is 263 g/mol. The molecule has 96 valence electrons. The van der Waals surface area contributed by atoms with Crippen molar-refractivity contribution in [2.45, 2.75) is 31.5 Å². The summed E-state index contributed by atoms with van der Waals surface area (Å²) in [7, 11) is -2.69. The van der Waals surface area contributed by atoms with Crippen molar-refractivity contribution in [3.05, 3.63) is 0 Å². The number of hydrogen-bond donors (Lipinski definition) is 1. The van der Waals surface area contributed by atoms with Crippen LogP contribution in [0, 0.1) is 5.92 Å². The summed E-state index contributed by atoms with van der Waals surface area (Å²) < 4.78 is 25.9. The maximum absolute atomic E-state index is 11.7. The molecular weight excluding hydrogens is 247 g/mol. The SMILES string of the molecule is O=C(CO[P+](=O)O)C1CCC2(CC1)OCCO2. The highest BCUT2D eigenvalue weighted by atomic mass is 31.1. The lowest BCUT2D eigenvalue weighted by molar-refractivity contribution is -0.183. The van der Waals surface area contributed by atoms with Crippen LogP contribution in [-0.4, -0.2) is 36.3 Å². The molecule has 1 saturated carbocycles. The van der Waals surface area contributed by atoms with Crippen molar-refractivity contribution in [2.75, 3.05) is 19.8 Å². The fourth-order valence-electron chi connectivity index (χ4n) is 2.40. The minimum absolute atomic E-state index is 0.108. The zero-order chi connectivity index (χ0) is 12.3. The molecule has 2 aliphatic rings. The molecule has 1 aliphatic carbocycles. The molecular formula is C10H16O6P+. The summed E-state index contributed by atoms with van der Waals surface area (Å²) in [6.45, 7) is 0.949. The van der Waals surface area contributed by atoms with Crippen LogP contribution in [0.4, 0.5) is 0 Å². The lowest BCUT2D eigenvalue weighted by Crippen LogP contribution is -2.37. The fraction of sp³-hybridized carbons (Fsp3) is 0.900. The Morgan fingerprint density at radius 1 is 1.35 bits per heavy atom. The summed E-state index contributed by atoms with van der Waals surface area (Å²) in [4.78, 5) is 20.1. The predicted molar refractivity (Wildman–Crippen MR) is 57.4 cm³/mol. The van der Waals surface area contributed by atoms with Crippen molar-refractivity contribution >= 4 is 14.0 Å². The monoisotopic (exact) mass is 263 g/mol. The molecule has 1 N–H and O–H groups in total. The summed E-state index contributed by atoms with van der Waals surface area (Å²) in [5.41, 5.74) is 0. The minimum Gasteiger partial charge on any atom is -0.348 e. The van der Waals surface area contributed by atoms with E-state index in [4.69, 9.17) is 14.4 Å². The van der Waals surface area contributed by atoms with Crippen molar-refractivity contribution in [2.24, 2.45) is 5.92 Å². The van der Waals surface area contributed by atoms with Gasteiger partial charge in [-0.05, 0) is 12.8 Å². The van der Waals surface area contributed by atoms with Crippen molar-refractivity contribution in [1.29, 1.82) is 0 Å². The number of ketones is 1. The number of ether oxygens (including phenoxy) is 2. The van der Waals surface area contributed by atoms with Crippen LogP contribution in [0.25, 0.3) is 0 Å². The van der Waals surface area contributed by atoms with Gasteiger partial charge in [0, 0.05) is 23.3 Å². The first kappa shape index (κ1) is 13.1. The highest BCUT2D eigenvalue weighted by molar-refractivity contribution is 7.32. The quantitative estimate of drug-likeness (QED) is 0.766. The normalized spacial score (nSPS) is 25.1. The Morgan fingerprint density at radius 3 is 2.47 bits per heavy atom. The number of rotatable bonds is 4. The number of Topliss-reactive ketones (excluding diaryl/α,β-unsaturated/α-hetero) is 1. The first-order valence-corrected chi connectivity index (χ1v) is 6.84. The zero-order valence-corrected chi connectivity index (χ0v) is 10.4. The van der Waals surface area contributed by atoms with Crippen LogP contribution in [0.1, 0.15) is 25.7 Å². The average Bonchev–Trinajstić information content (AvgIpc) is 2.75. The zero-order valence-electron chi connectivity index (χ0n) is 9.46. The van der Waals surface area contributed by atoms with Gasteiger partial charge in [-0.1, -0.05) is 0 Å². The Morgan fingerprint density at radius 2 is 1.94 bits per heavy atom. The van der Waals surface area contributed by atoms with Gasteiger partial charge < -0.3 is 9.47 Å². The molecule has 1 unspecified atom stereocenters. The van der Waals surface area contributed by atoms with Crippen LogP contribution in [0.15, 0.2) is 0 Å². The largest absolute Gasteiger partial charge is 0.695 e. The maximum Gasteiger partial charge on any atom is 0.695 e. The lowest BCUT2D eigenvalue weighted by atomic mass is 9.83. The third-order valence-corrected chi connectivity index (χ3v) is 3.68. The fourth-order valence-corrected chi connectivity index (χ4v) is 2.64. The van der Waals surface area contributed by atoms with Crippen LogP contribution in [0.5, 0.6) is 0 Å². The third kappa shape index (κ3) is 3.30. The van der Waals surface area contributed by atoms with E-state index in [1.165, 1.54) is 0 Å². The van der Waals surface area contributed by atoms with Gasteiger partial charge in [0.1, 0.15) is 0 Å². The van der Waals surface area contributed by atoms with Gasteiger partial charge in [-0.2, -0.15) is 0 Å². The topological polar surface area (TPSA) is 82.1 Å². The first-order chi connectivity index (χ1) is 8.11. The van der Waals surface area contributed by atoms with E-state index >= 15 is 0 Å². The molecule has 1 saturated heterocycles. The number of hydrogen-bond acceptors (Lipinski definition) is 5. The van der Waals surface area contributed by atoms with E-state index < -0.39 is 14.0 Å². The van der Waals surface area contributed by atoms with Gasteiger partial charge >= 0.3 is 8.25 Å². The highest BCUT2D eigenvalue weighted by Crippen LogP contribution is 2.38. The summed E-state index contributed by atoms with van der Waals surface area (Å²) in [5, 5.41) is 0. The summed E-state index contributed by atoms with van der Waals surface area (Å²) >= 11 is 0. The molecule has 2 rings (SSSR count). The third-order valence-electron chi connectivity index (χ3n) is 3.33. The van der Waals surface area contributed by atoms with Gasteiger partial charge in [-0.25, -0.2) is 0 Å². The van der Waals surface area contributed by atoms with Gasteiger partial charge in [-0.3, -0.25) is 4.79 Å². The molecule has 0 aromatic carbocycles. The van der Waals surface area contributed by atoms with Gasteiger partial charge in [0.25, 0.3) is 0 Å². The first-order valence-electron chi connectivity index (χ1n) is 5.71. The molecule has 1 aliphatic heterocycles. The summed E-state index contributed by atoms with van der Waals surface area (Å²) in [5.74, 6) is -0.696. The Hall–Kier alpha value is -0.390. The number of carbonyl (C=O) groups excluding carboxylic acids is 1. The van der Waals surface area contributed by atoms with Gasteiger partial charge in [0.15, 0.2) is 18.2 Å². The van der Waals surface area contributed by atoms with Crippen molar-refractivity contribution in [3.8, 4) is 0 Å². The Kier molecular flexibility index (Phi) is 4.22. The molecule has 17 heavy (non-hydrogen) atoms. The van der Waals surface area contributed by atoms with E-state index in [2.05, 4.69) is 4.52 Å². The van der Waals surface area contributed by atoms with E-state index in [1.807, 2.05) is 0 Å². The molecule has 1 atom stereocenters. The molecule has 0 amide bonds. The molecule has 1 heterocycles. The molecule has 0 aromatic heterocycles. The van der Waals surface area contributed by atoms with Crippen LogP contribution in [0.3, 0.4) is 0 Å². The highest BCUT2D eigenvalue weighted by Gasteiger charge is 2.42. The Labute approximate surface area is 100 Å². The van der Waals surface area contributed by atoms with Crippen molar-refractivity contribution in [3.63, 3.8) is 0 Å². The second-order valence-corrected chi connectivity index (χ2v) is 5.09. The van der Waals surface area contributed by atoms with Crippen LogP contribution >= 0.6 is 8.25 Å². The van der Waals surface area contributed by atoms with E-state index in [0.29, 0.717) is 38.9 Å². The molecule has 0 radical (unpaired) electrons. The van der Waals surface area contributed by atoms with Gasteiger partial charge in [0.05, 0.1) is 13.2 Å². The minimum atomic E-state index is -2.69. The van der Waals surface area contributed by atoms with Gasteiger partial charge in [-0.15, -0.1) is 9.42 Å². The molecule has 1 spiro atoms. The van der Waals surface area contributed by atoms with E-state index in [1.54, 1.807) is 0 Å². The Bertz CT molecular complexity index is 302. The summed E-state index contributed by atoms with van der Waals surface area (Å²) in [6.07, 6.45) is 2.78. The second-order valence-electron chi connectivity index (χ2n) is 4.36. The second kappa shape index (κ2) is 5.50. The summed E-state index contributed by atoms with van der Waals surface area (Å²) in [6, 6.07) is 0. The molecule has 0 aromatic rings. The smallest absolute Gasteiger partial charge is 0.348 e. The van der Waals surface area contributed by atoms with E-state index in [9.17, 15) is 9.36 Å². The van der Waals surface area contributed by atoms with Crippen LogP contribution in [0.2, 0.25) is 0 Å². The Balaban J connectivity index is 1.78. The lowest BCUT2D eigenvalue weighted by Gasteiger charge is -2.34. The molecule has 0 bridgehead atoms. The van der Waals surface area contributed by atoms with Crippen molar-refractivity contribution in [1.82, 2.24) is 0 Å². The molecule has 7 heteroatoms. The van der Waals surface area contributed by atoms with Crippen LogP contribution in [-0.2, 0) is 23.4 Å². The van der Waals surface area contributed by atoms with Crippen LogP contribution < -0.4 is 0 Å². The van der Waals surface area contributed by atoms with Crippen molar-refractivity contribution < 1.29 is 28.3 Å². The standard InChI is InChI=1S/C10H15O6P/c11-9(7-16-17(12)13)8-1-3-10(4-2-8)14-5-6-15-10/h8H,1-7H2/p+1. The van der Waals surface area contributed by atoms with E-state index in [-0.39, 0.29) is 18.3 Å². The number of carbonyl (C=O) groups is 1. The van der Waals surface area contributed by atoms with Gasteiger partial charge in [0.2, 0.25) is 0 Å². The maximum atomic E-state index is 11.7.